The van der Waals surface area contributed by atoms with Crippen molar-refractivity contribution in [2.24, 2.45) is 0 Å². The van der Waals surface area contributed by atoms with Gasteiger partial charge in [0, 0.05) is 11.9 Å². The van der Waals surface area contributed by atoms with Gasteiger partial charge in [0.1, 0.15) is 0 Å². The molecule has 12 heavy (non-hydrogen) atoms. The second-order valence-corrected chi connectivity index (χ2v) is 3.99. The molecule has 0 spiro atoms. The summed E-state index contributed by atoms with van der Waals surface area (Å²) in [5, 5.41) is 2.67. The molecule has 2 rings (SSSR count). The van der Waals surface area contributed by atoms with Gasteiger partial charge in [-0.1, -0.05) is 18.2 Å². The number of para-hydroxylation sites is 1. The molecular formula is C10H11NS. The number of rotatable bonds is 1. The molecule has 1 nitrogen and oxygen atoms in total. The van der Waals surface area contributed by atoms with Gasteiger partial charge in [-0.05, 0) is 24.5 Å². The van der Waals surface area contributed by atoms with Gasteiger partial charge >= 0.3 is 0 Å². The Morgan fingerprint density at radius 3 is 2.58 bits per heavy atom. The molecule has 0 fully saturated rings. The Morgan fingerprint density at radius 1 is 1.25 bits per heavy atom. The summed E-state index contributed by atoms with van der Waals surface area (Å²) in [4.78, 5) is 2.27. The molecule has 1 atom stereocenters. The summed E-state index contributed by atoms with van der Waals surface area (Å²) in [5.74, 6) is 0. The maximum atomic E-state index is 2.27. The van der Waals surface area contributed by atoms with Crippen LogP contribution in [-0.2, 0) is 0 Å². The maximum absolute atomic E-state index is 2.27. The third-order valence-corrected chi connectivity index (χ3v) is 2.84. The highest BCUT2D eigenvalue weighted by Crippen LogP contribution is 2.29. The van der Waals surface area contributed by atoms with E-state index in [4.69, 9.17) is 0 Å². The van der Waals surface area contributed by atoms with E-state index < -0.39 is 0 Å². The van der Waals surface area contributed by atoms with Crippen LogP contribution in [0.25, 0.3) is 0 Å². The number of anilines is 1. The first-order valence-corrected chi connectivity index (χ1v) is 4.98. The zero-order chi connectivity index (χ0) is 8.39. The lowest BCUT2D eigenvalue weighted by atomic mass is 10.3. The van der Waals surface area contributed by atoms with Gasteiger partial charge in [0.15, 0.2) is 0 Å². The standard InChI is InChI=1S/C10H11NS/c1-9-11(7-8-12-9)10-5-3-2-4-6-10/h2-9H,1H3. The van der Waals surface area contributed by atoms with E-state index in [1.807, 2.05) is 17.8 Å². The Hall–Kier alpha value is -0.890. The van der Waals surface area contributed by atoms with Crippen LogP contribution in [0.1, 0.15) is 6.92 Å². The van der Waals surface area contributed by atoms with E-state index in [0.717, 1.165) is 0 Å². The van der Waals surface area contributed by atoms with Gasteiger partial charge in [-0.2, -0.15) is 0 Å². The minimum Gasteiger partial charge on any atom is -0.335 e. The first-order valence-electron chi connectivity index (χ1n) is 4.03. The third-order valence-electron chi connectivity index (χ3n) is 1.94. The van der Waals surface area contributed by atoms with E-state index in [-0.39, 0.29) is 0 Å². The fourth-order valence-electron chi connectivity index (χ4n) is 1.30. The Morgan fingerprint density at radius 2 is 2.00 bits per heavy atom. The van der Waals surface area contributed by atoms with Gasteiger partial charge in [0.2, 0.25) is 0 Å². The highest BCUT2D eigenvalue weighted by molar-refractivity contribution is 8.03. The molecule has 1 unspecified atom stereocenters. The predicted molar refractivity (Wildman–Crippen MR) is 55.1 cm³/mol. The van der Waals surface area contributed by atoms with Crippen LogP contribution in [0.5, 0.6) is 0 Å². The summed E-state index contributed by atoms with van der Waals surface area (Å²) in [5.41, 5.74) is 1.27. The monoisotopic (exact) mass is 177 g/mol. The molecule has 0 bridgehead atoms. The van der Waals surface area contributed by atoms with Crippen LogP contribution < -0.4 is 4.90 Å². The number of nitrogens with zero attached hydrogens (tertiary/aromatic N) is 1. The molecule has 0 aromatic heterocycles. The Bertz CT molecular complexity index is 281. The van der Waals surface area contributed by atoms with Crippen LogP contribution >= 0.6 is 11.8 Å². The maximum Gasteiger partial charge on any atom is 0.0806 e. The van der Waals surface area contributed by atoms with Crippen LogP contribution in [0.2, 0.25) is 0 Å². The lowest BCUT2D eigenvalue weighted by molar-refractivity contribution is 0.969. The smallest absolute Gasteiger partial charge is 0.0806 e. The van der Waals surface area contributed by atoms with Crippen molar-refractivity contribution in [3.8, 4) is 0 Å². The predicted octanol–water partition coefficient (Wildman–Crippen LogP) is 3.06. The highest BCUT2D eigenvalue weighted by Gasteiger charge is 2.15. The van der Waals surface area contributed by atoms with E-state index in [1.165, 1.54) is 5.69 Å². The third kappa shape index (κ3) is 1.34. The van der Waals surface area contributed by atoms with Gasteiger partial charge < -0.3 is 4.90 Å². The van der Waals surface area contributed by atoms with Crippen LogP contribution in [0.3, 0.4) is 0 Å². The van der Waals surface area contributed by atoms with Gasteiger partial charge in [-0.25, -0.2) is 0 Å². The molecule has 0 aliphatic carbocycles. The van der Waals surface area contributed by atoms with E-state index in [2.05, 4.69) is 47.7 Å². The van der Waals surface area contributed by atoms with Gasteiger partial charge in [0.05, 0.1) is 5.37 Å². The van der Waals surface area contributed by atoms with Crippen molar-refractivity contribution in [3.63, 3.8) is 0 Å². The Labute approximate surface area is 77.1 Å². The first kappa shape index (κ1) is 7.74. The molecule has 1 aliphatic rings. The molecule has 1 aromatic carbocycles. The minimum absolute atomic E-state index is 0.535. The summed E-state index contributed by atoms with van der Waals surface area (Å²) in [6.07, 6.45) is 2.13. The zero-order valence-corrected chi connectivity index (χ0v) is 7.79. The number of benzene rings is 1. The summed E-state index contributed by atoms with van der Waals surface area (Å²) in [6, 6.07) is 10.4. The van der Waals surface area contributed by atoms with Gasteiger partial charge in [0.25, 0.3) is 0 Å². The molecule has 0 N–H and O–H groups in total. The van der Waals surface area contributed by atoms with E-state index in [9.17, 15) is 0 Å². The number of hydrogen-bond acceptors (Lipinski definition) is 2. The molecule has 0 amide bonds. The summed E-state index contributed by atoms with van der Waals surface area (Å²) in [7, 11) is 0. The van der Waals surface area contributed by atoms with E-state index in [0.29, 0.717) is 5.37 Å². The second-order valence-electron chi connectivity index (χ2n) is 2.76. The lowest BCUT2D eigenvalue weighted by Gasteiger charge is -2.20. The molecular weight excluding hydrogens is 166 g/mol. The van der Waals surface area contributed by atoms with E-state index >= 15 is 0 Å². The van der Waals surface area contributed by atoms with Crippen molar-refractivity contribution in [3.05, 3.63) is 41.9 Å². The highest BCUT2D eigenvalue weighted by atomic mass is 32.2. The van der Waals surface area contributed by atoms with Crippen LogP contribution in [0, 0.1) is 0 Å². The lowest BCUT2D eigenvalue weighted by Crippen LogP contribution is -2.20. The van der Waals surface area contributed by atoms with Crippen LogP contribution in [-0.4, -0.2) is 5.37 Å². The minimum atomic E-state index is 0.535. The van der Waals surface area contributed by atoms with Crippen LogP contribution in [0.15, 0.2) is 41.9 Å². The van der Waals surface area contributed by atoms with Gasteiger partial charge in [-0.15, -0.1) is 11.8 Å². The average molecular weight is 177 g/mol. The molecule has 0 saturated carbocycles. The molecule has 1 heterocycles. The first-order chi connectivity index (χ1) is 5.88. The van der Waals surface area contributed by atoms with Crippen molar-refractivity contribution >= 4 is 17.4 Å². The molecule has 0 radical (unpaired) electrons. The summed E-state index contributed by atoms with van der Waals surface area (Å²) < 4.78 is 0. The van der Waals surface area contributed by atoms with Gasteiger partial charge in [-0.3, -0.25) is 0 Å². The number of thioether (sulfide) groups is 1. The molecule has 1 aromatic rings. The normalized spacial score (nSPS) is 21.8. The molecule has 1 aliphatic heterocycles. The summed E-state index contributed by atoms with van der Waals surface area (Å²) in [6.45, 7) is 2.21. The van der Waals surface area contributed by atoms with Crippen molar-refractivity contribution in [2.75, 3.05) is 4.90 Å². The Balaban J connectivity index is 2.25. The SMILES string of the molecule is CC1SC=CN1c1ccccc1. The molecule has 2 heteroatoms. The van der Waals surface area contributed by atoms with Crippen LogP contribution in [0.4, 0.5) is 5.69 Å². The summed E-state index contributed by atoms with van der Waals surface area (Å²) >= 11 is 1.85. The number of hydrogen-bond donors (Lipinski definition) is 0. The van der Waals surface area contributed by atoms with E-state index in [1.54, 1.807) is 0 Å². The molecule has 0 saturated heterocycles. The van der Waals surface area contributed by atoms with Crippen molar-refractivity contribution < 1.29 is 0 Å². The quantitative estimate of drug-likeness (QED) is 0.648. The molecule has 62 valence electrons. The largest absolute Gasteiger partial charge is 0.335 e. The van der Waals surface area contributed by atoms with Crippen molar-refractivity contribution in [2.45, 2.75) is 12.3 Å². The van der Waals surface area contributed by atoms with Crippen molar-refractivity contribution in [1.29, 1.82) is 0 Å². The zero-order valence-electron chi connectivity index (χ0n) is 6.97. The van der Waals surface area contributed by atoms with Crippen molar-refractivity contribution in [1.82, 2.24) is 0 Å². The fourth-order valence-corrected chi connectivity index (χ4v) is 2.05. The fraction of sp³-hybridized carbons (Fsp3) is 0.200. The topological polar surface area (TPSA) is 3.24 Å². The average Bonchev–Trinajstić information content (AvgIpc) is 2.53. The Kier molecular flexibility index (Phi) is 2.09. The second kappa shape index (κ2) is 3.23.